The fraction of sp³-hybridized carbons (Fsp3) is 0.125. The molecule has 1 aromatic carbocycles. The Morgan fingerprint density at radius 1 is 1.44 bits per heavy atom. The Bertz CT molecular complexity index is 486. The van der Waals surface area contributed by atoms with E-state index in [4.69, 9.17) is 10.5 Å². The highest BCUT2D eigenvalue weighted by atomic mass is 32.2. The minimum atomic E-state index is -3.83. The molecule has 0 unspecified atom stereocenters. The lowest BCUT2D eigenvalue weighted by Crippen LogP contribution is -2.44. The summed E-state index contributed by atoms with van der Waals surface area (Å²) in [5.41, 5.74) is 6.51. The first kappa shape index (κ1) is 12.3. The van der Waals surface area contributed by atoms with E-state index in [1.165, 1.54) is 25.3 Å². The summed E-state index contributed by atoms with van der Waals surface area (Å²) in [5, 5.41) is 0. The van der Waals surface area contributed by atoms with E-state index in [1.807, 2.05) is 4.83 Å². The third kappa shape index (κ3) is 3.11. The number of nitrogens with two attached hydrogens (primary N) is 1. The number of hydrogen-bond acceptors (Lipinski definition) is 4. The van der Waals surface area contributed by atoms with Gasteiger partial charge >= 0.3 is 6.03 Å². The van der Waals surface area contributed by atoms with E-state index in [0.29, 0.717) is 5.75 Å². The molecule has 0 aliphatic carbocycles. The van der Waals surface area contributed by atoms with Crippen LogP contribution in [0.1, 0.15) is 0 Å². The molecule has 4 N–H and O–H groups in total. The maximum absolute atomic E-state index is 11.6. The SMILES string of the molecule is COc1cccc(S(=O)(=O)NNC(N)=O)c1. The maximum Gasteiger partial charge on any atom is 0.327 e. The van der Waals surface area contributed by atoms with E-state index < -0.39 is 16.1 Å². The number of hydrogen-bond donors (Lipinski definition) is 3. The first-order valence-electron chi connectivity index (χ1n) is 4.17. The summed E-state index contributed by atoms with van der Waals surface area (Å²) in [4.78, 5) is 12.1. The van der Waals surface area contributed by atoms with Crippen molar-refractivity contribution in [3.05, 3.63) is 24.3 Å². The van der Waals surface area contributed by atoms with E-state index in [2.05, 4.69) is 0 Å². The molecule has 1 rings (SSSR count). The summed E-state index contributed by atoms with van der Waals surface area (Å²) in [6.07, 6.45) is 0. The molecule has 2 amide bonds. The molecule has 0 spiro atoms. The Morgan fingerprint density at radius 3 is 2.69 bits per heavy atom. The first-order valence-corrected chi connectivity index (χ1v) is 5.65. The minimum Gasteiger partial charge on any atom is -0.497 e. The lowest BCUT2D eigenvalue weighted by Gasteiger charge is -2.07. The maximum atomic E-state index is 11.6. The van der Waals surface area contributed by atoms with Crippen LogP contribution in [0.4, 0.5) is 4.79 Å². The molecule has 0 aliphatic rings. The second kappa shape index (κ2) is 4.81. The smallest absolute Gasteiger partial charge is 0.327 e. The lowest BCUT2D eigenvalue weighted by molar-refractivity contribution is 0.247. The summed E-state index contributed by atoms with van der Waals surface area (Å²) in [6, 6.07) is 4.78. The van der Waals surface area contributed by atoms with Crippen molar-refractivity contribution in [3.8, 4) is 5.75 Å². The van der Waals surface area contributed by atoms with Gasteiger partial charge in [0.05, 0.1) is 12.0 Å². The number of amides is 2. The molecular weight excluding hydrogens is 234 g/mol. The predicted octanol–water partition coefficient (Wildman–Crippen LogP) is -0.443. The molecule has 0 heterocycles. The quantitative estimate of drug-likeness (QED) is 0.624. The second-order valence-corrected chi connectivity index (χ2v) is 4.46. The van der Waals surface area contributed by atoms with Crippen molar-refractivity contribution in [2.75, 3.05) is 7.11 Å². The number of urea groups is 1. The van der Waals surface area contributed by atoms with Crippen LogP contribution in [0.3, 0.4) is 0 Å². The van der Waals surface area contributed by atoms with Gasteiger partial charge in [-0.05, 0) is 12.1 Å². The number of primary amides is 1. The molecule has 0 saturated carbocycles. The first-order chi connectivity index (χ1) is 7.45. The highest BCUT2D eigenvalue weighted by Crippen LogP contribution is 2.16. The number of carbonyl (C=O) groups excluding carboxylic acids is 1. The van der Waals surface area contributed by atoms with Gasteiger partial charge in [-0.25, -0.2) is 13.2 Å². The average Bonchev–Trinajstić information content (AvgIpc) is 2.27. The Balaban J connectivity index is 2.93. The van der Waals surface area contributed by atoms with Crippen molar-refractivity contribution in [2.45, 2.75) is 4.90 Å². The Morgan fingerprint density at radius 2 is 2.12 bits per heavy atom. The molecule has 7 nitrogen and oxygen atoms in total. The van der Waals surface area contributed by atoms with E-state index >= 15 is 0 Å². The van der Waals surface area contributed by atoms with Gasteiger partial charge in [-0.15, -0.1) is 4.83 Å². The van der Waals surface area contributed by atoms with Crippen LogP contribution in [0.2, 0.25) is 0 Å². The largest absolute Gasteiger partial charge is 0.497 e. The van der Waals surface area contributed by atoms with Crippen LogP contribution in [-0.2, 0) is 10.0 Å². The summed E-state index contributed by atoms with van der Waals surface area (Å²) >= 11 is 0. The molecule has 0 bridgehead atoms. The topological polar surface area (TPSA) is 111 Å². The number of nitrogens with one attached hydrogen (secondary N) is 2. The normalized spacial score (nSPS) is 10.8. The molecule has 0 radical (unpaired) electrons. The average molecular weight is 245 g/mol. The van der Waals surface area contributed by atoms with Crippen LogP contribution >= 0.6 is 0 Å². The summed E-state index contributed by atoms with van der Waals surface area (Å²) < 4.78 is 28.0. The Hall–Kier alpha value is -1.80. The highest BCUT2D eigenvalue weighted by Gasteiger charge is 2.14. The van der Waals surface area contributed by atoms with E-state index in [-0.39, 0.29) is 4.90 Å². The van der Waals surface area contributed by atoms with Crippen molar-refractivity contribution in [1.82, 2.24) is 10.3 Å². The molecule has 8 heteroatoms. The van der Waals surface area contributed by atoms with Crippen LogP contribution in [-0.4, -0.2) is 21.6 Å². The second-order valence-electron chi connectivity index (χ2n) is 2.77. The summed E-state index contributed by atoms with van der Waals surface area (Å²) in [5.74, 6) is 0.391. The molecule has 0 aliphatic heterocycles. The van der Waals surface area contributed by atoms with Gasteiger partial charge in [0.1, 0.15) is 5.75 Å². The molecule has 88 valence electrons. The number of ether oxygens (including phenoxy) is 1. The number of hydrazine groups is 1. The standard InChI is InChI=1S/C8H11N3O4S/c1-15-6-3-2-4-7(5-6)16(13,14)11-10-8(9)12/h2-5,11H,1H3,(H3,9,10,12). The van der Waals surface area contributed by atoms with Crippen LogP contribution in [0.15, 0.2) is 29.2 Å². The van der Waals surface area contributed by atoms with Crippen molar-refractivity contribution < 1.29 is 17.9 Å². The van der Waals surface area contributed by atoms with Crippen molar-refractivity contribution in [1.29, 1.82) is 0 Å². The third-order valence-corrected chi connectivity index (χ3v) is 2.91. The monoisotopic (exact) mass is 245 g/mol. The molecule has 0 aromatic heterocycles. The molecule has 0 fully saturated rings. The molecule has 0 atom stereocenters. The van der Waals surface area contributed by atoms with Crippen molar-refractivity contribution in [2.24, 2.45) is 5.73 Å². The van der Waals surface area contributed by atoms with Crippen LogP contribution in [0.25, 0.3) is 0 Å². The van der Waals surface area contributed by atoms with E-state index in [1.54, 1.807) is 11.5 Å². The van der Waals surface area contributed by atoms with Gasteiger partial charge in [-0.3, -0.25) is 5.43 Å². The van der Waals surface area contributed by atoms with E-state index in [9.17, 15) is 13.2 Å². The zero-order chi connectivity index (χ0) is 12.2. The number of rotatable bonds is 4. The minimum absolute atomic E-state index is 0.0411. The number of sulfonamides is 1. The van der Waals surface area contributed by atoms with Gasteiger partial charge in [-0.1, -0.05) is 6.07 Å². The lowest BCUT2D eigenvalue weighted by atomic mass is 10.3. The van der Waals surface area contributed by atoms with Gasteiger partial charge in [0.15, 0.2) is 0 Å². The van der Waals surface area contributed by atoms with Gasteiger partial charge in [0.2, 0.25) is 0 Å². The molecule has 16 heavy (non-hydrogen) atoms. The number of carbonyl (C=O) groups is 1. The fourth-order valence-corrected chi connectivity index (χ4v) is 1.83. The van der Waals surface area contributed by atoms with Crippen LogP contribution < -0.4 is 20.7 Å². The van der Waals surface area contributed by atoms with Gasteiger partial charge < -0.3 is 10.5 Å². The van der Waals surface area contributed by atoms with Crippen LogP contribution in [0, 0.1) is 0 Å². The zero-order valence-corrected chi connectivity index (χ0v) is 9.24. The van der Waals surface area contributed by atoms with Gasteiger partial charge in [0.25, 0.3) is 10.0 Å². The fourth-order valence-electron chi connectivity index (χ4n) is 0.945. The number of benzene rings is 1. The van der Waals surface area contributed by atoms with Gasteiger partial charge in [-0.2, -0.15) is 0 Å². The molecule has 0 saturated heterocycles. The van der Waals surface area contributed by atoms with E-state index in [0.717, 1.165) is 0 Å². The zero-order valence-electron chi connectivity index (χ0n) is 8.43. The highest BCUT2D eigenvalue weighted by molar-refractivity contribution is 7.89. The Kier molecular flexibility index (Phi) is 3.69. The third-order valence-electron chi connectivity index (χ3n) is 1.66. The molecular formula is C8H11N3O4S. The molecule has 1 aromatic rings. The summed E-state index contributed by atoms with van der Waals surface area (Å²) in [7, 11) is -2.41. The summed E-state index contributed by atoms with van der Waals surface area (Å²) in [6.45, 7) is 0. The van der Waals surface area contributed by atoms with Crippen molar-refractivity contribution >= 4 is 16.1 Å². The predicted molar refractivity (Wildman–Crippen MR) is 56.0 cm³/mol. The van der Waals surface area contributed by atoms with Gasteiger partial charge in [0, 0.05) is 6.07 Å². The Labute approximate surface area is 92.6 Å². The van der Waals surface area contributed by atoms with Crippen molar-refractivity contribution in [3.63, 3.8) is 0 Å². The number of methoxy groups -OCH3 is 1. The van der Waals surface area contributed by atoms with Crippen LogP contribution in [0.5, 0.6) is 5.75 Å².